The number of hydrogen-bond acceptors (Lipinski definition) is 3. The second-order valence-electron chi connectivity index (χ2n) is 1.93. The molecule has 0 radical (unpaired) electrons. The molecule has 0 aliphatic rings. The van der Waals surface area contributed by atoms with Crippen molar-refractivity contribution in [3.63, 3.8) is 0 Å². The smallest absolute Gasteiger partial charge is 0.423 e. The van der Waals surface area contributed by atoms with Gasteiger partial charge in [0, 0.05) is 13.2 Å². The second-order valence-corrected chi connectivity index (χ2v) is 4.38. The van der Waals surface area contributed by atoms with E-state index in [1.165, 1.54) is 11.3 Å². The van der Waals surface area contributed by atoms with Crippen molar-refractivity contribution in [1.29, 1.82) is 0 Å². The largest absolute Gasteiger partial charge is 0.499 e. The Bertz CT molecular complexity index is 216. The van der Waals surface area contributed by atoms with Crippen molar-refractivity contribution < 1.29 is 10.0 Å². The van der Waals surface area contributed by atoms with Gasteiger partial charge in [0.05, 0.1) is 0 Å². The van der Waals surface area contributed by atoms with E-state index in [0.717, 1.165) is 8.45 Å². The highest BCUT2D eigenvalue weighted by molar-refractivity contribution is 14.1. The Balaban J connectivity index is 2.98. The summed E-state index contributed by atoms with van der Waals surface area (Å²) in [6.07, 6.45) is 0. The van der Waals surface area contributed by atoms with Crippen LogP contribution in [0.3, 0.4) is 0 Å². The SMILES string of the molecule is Cc1sc(B(O)O)cc1I. The monoisotopic (exact) mass is 268 g/mol. The van der Waals surface area contributed by atoms with E-state index in [1.54, 1.807) is 6.07 Å². The molecule has 0 unspecified atom stereocenters. The van der Waals surface area contributed by atoms with E-state index in [-0.39, 0.29) is 0 Å². The summed E-state index contributed by atoms with van der Waals surface area (Å²) < 4.78 is 1.70. The molecule has 0 fully saturated rings. The number of thiophene rings is 1. The van der Waals surface area contributed by atoms with Gasteiger partial charge in [0.25, 0.3) is 0 Å². The summed E-state index contributed by atoms with van der Waals surface area (Å²) in [5.41, 5.74) is 0. The molecule has 1 aromatic rings. The molecule has 1 heterocycles. The van der Waals surface area contributed by atoms with Gasteiger partial charge in [-0.2, -0.15) is 0 Å². The summed E-state index contributed by atoms with van der Waals surface area (Å²) in [6.45, 7) is 1.96. The molecule has 0 aromatic carbocycles. The Kier molecular flexibility index (Phi) is 2.73. The lowest BCUT2D eigenvalue weighted by molar-refractivity contribution is 0.427. The Morgan fingerprint density at radius 3 is 2.40 bits per heavy atom. The molecular formula is C5H6BIO2S. The maximum Gasteiger partial charge on any atom is 0.499 e. The number of aryl methyl sites for hydroxylation is 1. The van der Waals surface area contributed by atoms with Gasteiger partial charge in [0.2, 0.25) is 0 Å². The van der Waals surface area contributed by atoms with Gasteiger partial charge in [-0.1, -0.05) is 0 Å². The third-order valence-corrected chi connectivity index (χ3v) is 3.71. The predicted octanol–water partition coefficient (Wildman–Crippen LogP) is 0.341. The van der Waals surface area contributed by atoms with Gasteiger partial charge >= 0.3 is 7.12 Å². The van der Waals surface area contributed by atoms with Gasteiger partial charge in [-0.05, 0) is 35.6 Å². The minimum absolute atomic E-state index is 0.613. The second kappa shape index (κ2) is 3.21. The van der Waals surface area contributed by atoms with Crippen LogP contribution in [0, 0.1) is 10.5 Å². The van der Waals surface area contributed by atoms with Gasteiger partial charge < -0.3 is 10.0 Å². The first kappa shape index (κ1) is 8.51. The molecule has 10 heavy (non-hydrogen) atoms. The lowest BCUT2D eigenvalue weighted by Gasteiger charge is -1.87. The van der Waals surface area contributed by atoms with E-state index in [9.17, 15) is 0 Å². The molecular weight excluding hydrogens is 262 g/mol. The summed E-state index contributed by atoms with van der Waals surface area (Å²) in [6, 6.07) is 1.78. The standard InChI is InChI=1S/C5H6BIO2S/c1-3-4(7)2-5(10-3)6(8)9/h2,8-9H,1H3. The van der Waals surface area contributed by atoms with Crippen LogP contribution in [0.15, 0.2) is 6.07 Å². The Labute approximate surface area is 77.2 Å². The summed E-state index contributed by atoms with van der Waals surface area (Å²) >= 11 is 3.58. The topological polar surface area (TPSA) is 40.5 Å². The lowest BCUT2D eigenvalue weighted by atomic mass is 9.90. The third-order valence-electron chi connectivity index (χ3n) is 1.13. The highest BCUT2D eigenvalue weighted by Crippen LogP contribution is 2.15. The Morgan fingerprint density at radius 2 is 2.20 bits per heavy atom. The fourth-order valence-corrected chi connectivity index (χ4v) is 2.28. The van der Waals surface area contributed by atoms with Gasteiger partial charge in [-0.25, -0.2) is 0 Å². The van der Waals surface area contributed by atoms with E-state index >= 15 is 0 Å². The lowest BCUT2D eigenvalue weighted by Crippen LogP contribution is -2.26. The summed E-state index contributed by atoms with van der Waals surface area (Å²) in [4.78, 5) is 1.13. The van der Waals surface area contributed by atoms with Crippen molar-refractivity contribution >= 4 is 45.8 Å². The average molecular weight is 268 g/mol. The highest BCUT2D eigenvalue weighted by Gasteiger charge is 2.14. The molecule has 0 aliphatic carbocycles. The molecule has 2 N–H and O–H groups in total. The molecule has 0 saturated carbocycles. The molecule has 0 bridgehead atoms. The number of halogens is 1. The number of hydrogen-bond donors (Lipinski definition) is 2. The van der Waals surface area contributed by atoms with Crippen LogP contribution in [0.1, 0.15) is 4.88 Å². The summed E-state index contributed by atoms with van der Waals surface area (Å²) in [5, 5.41) is 17.4. The van der Waals surface area contributed by atoms with Crippen LogP contribution in [-0.2, 0) is 0 Å². The van der Waals surface area contributed by atoms with Crippen molar-refractivity contribution in [2.75, 3.05) is 0 Å². The van der Waals surface area contributed by atoms with Crippen LogP contribution in [0.4, 0.5) is 0 Å². The molecule has 54 valence electrons. The van der Waals surface area contributed by atoms with Gasteiger partial charge in [0.15, 0.2) is 0 Å². The summed E-state index contributed by atoms with van der Waals surface area (Å²) in [5.74, 6) is 0. The minimum atomic E-state index is -1.31. The van der Waals surface area contributed by atoms with Crippen LogP contribution in [-0.4, -0.2) is 17.2 Å². The predicted molar refractivity (Wildman–Crippen MR) is 51.6 cm³/mol. The first-order valence-corrected chi connectivity index (χ1v) is 4.62. The van der Waals surface area contributed by atoms with Crippen molar-refractivity contribution in [2.45, 2.75) is 6.92 Å². The normalized spacial score (nSPS) is 10.0. The van der Waals surface area contributed by atoms with Crippen LogP contribution in [0.2, 0.25) is 0 Å². The van der Waals surface area contributed by atoms with Crippen LogP contribution >= 0.6 is 33.9 Å². The van der Waals surface area contributed by atoms with Crippen LogP contribution < -0.4 is 4.78 Å². The van der Waals surface area contributed by atoms with Crippen LogP contribution in [0.25, 0.3) is 0 Å². The van der Waals surface area contributed by atoms with Crippen LogP contribution in [0.5, 0.6) is 0 Å². The third kappa shape index (κ3) is 1.72. The zero-order valence-corrected chi connectivity index (χ0v) is 8.31. The van der Waals surface area contributed by atoms with E-state index in [0.29, 0.717) is 4.78 Å². The van der Waals surface area contributed by atoms with Gasteiger partial charge in [0.1, 0.15) is 0 Å². The van der Waals surface area contributed by atoms with Crippen molar-refractivity contribution in [2.24, 2.45) is 0 Å². The minimum Gasteiger partial charge on any atom is -0.423 e. The Hall–Kier alpha value is 0.415. The molecule has 5 heteroatoms. The molecule has 0 saturated heterocycles. The molecule has 2 nitrogen and oxygen atoms in total. The van der Waals surface area contributed by atoms with E-state index in [4.69, 9.17) is 10.0 Å². The van der Waals surface area contributed by atoms with Gasteiger partial charge in [-0.3, -0.25) is 0 Å². The fraction of sp³-hybridized carbons (Fsp3) is 0.200. The first-order valence-electron chi connectivity index (χ1n) is 2.73. The van der Waals surface area contributed by atoms with E-state index in [2.05, 4.69) is 22.6 Å². The summed E-state index contributed by atoms with van der Waals surface area (Å²) in [7, 11) is -1.31. The zero-order valence-electron chi connectivity index (χ0n) is 5.34. The zero-order chi connectivity index (χ0) is 7.72. The highest BCUT2D eigenvalue weighted by atomic mass is 127. The number of rotatable bonds is 1. The van der Waals surface area contributed by atoms with Crippen molar-refractivity contribution in [1.82, 2.24) is 0 Å². The van der Waals surface area contributed by atoms with E-state index in [1.807, 2.05) is 6.92 Å². The maximum atomic E-state index is 8.72. The molecule has 0 amide bonds. The molecule has 1 rings (SSSR count). The molecule has 0 spiro atoms. The average Bonchev–Trinajstić information content (AvgIpc) is 2.13. The first-order chi connectivity index (χ1) is 4.61. The van der Waals surface area contributed by atoms with Crippen molar-refractivity contribution in [3.05, 3.63) is 14.5 Å². The quantitative estimate of drug-likeness (QED) is 0.569. The molecule has 0 aliphatic heterocycles. The van der Waals surface area contributed by atoms with E-state index < -0.39 is 7.12 Å². The fourth-order valence-electron chi connectivity index (χ4n) is 0.609. The molecule has 0 atom stereocenters. The van der Waals surface area contributed by atoms with Gasteiger partial charge in [-0.15, -0.1) is 11.3 Å². The van der Waals surface area contributed by atoms with Crippen molar-refractivity contribution in [3.8, 4) is 0 Å². The maximum absolute atomic E-state index is 8.72. The Morgan fingerprint density at radius 1 is 1.60 bits per heavy atom. The molecule has 1 aromatic heterocycles.